The Bertz CT molecular complexity index is 1610. The zero-order chi connectivity index (χ0) is 36.8. The first-order valence-electron chi connectivity index (χ1n) is 17.1. The van der Waals surface area contributed by atoms with Crippen LogP contribution in [0.5, 0.6) is 5.88 Å². The molecule has 14 nitrogen and oxygen atoms in total. The molecule has 1 aliphatic heterocycles. The fourth-order valence-corrected chi connectivity index (χ4v) is 5.11. The number of amides is 3. The number of piperazine rings is 1. The molecule has 51 heavy (non-hydrogen) atoms. The Kier molecular flexibility index (Phi) is 14.0. The number of hydrogen-bond donors (Lipinski definition) is 1. The summed E-state index contributed by atoms with van der Waals surface area (Å²) in [6, 6.07) is 18.4. The largest absolute Gasteiger partial charge is 0.466 e. The first kappa shape index (κ1) is 38.4. The molecule has 1 aliphatic rings. The summed E-state index contributed by atoms with van der Waals surface area (Å²) in [5, 5.41) is 7.18. The van der Waals surface area contributed by atoms with Crippen LogP contribution in [0.1, 0.15) is 69.4 Å². The van der Waals surface area contributed by atoms with Crippen LogP contribution in [0.15, 0.2) is 66.7 Å². The highest BCUT2D eigenvalue weighted by Crippen LogP contribution is 2.21. The molecular formula is C37H47N5O9. The highest BCUT2D eigenvalue weighted by molar-refractivity contribution is 5.96. The fraction of sp³-hybridized carbons (Fsp3) is 0.459. The van der Waals surface area contributed by atoms with Gasteiger partial charge in [-0.1, -0.05) is 61.9 Å². The molecule has 274 valence electrons. The van der Waals surface area contributed by atoms with E-state index in [0.717, 1.165) is 18.4 Å². The van der Waals surface area contributed by atoms with Gasteiger partial charge < -0.3 is 34.1 Å². The monoisotopic (exact) mass is 705 g/mol. The molecular weight excluding hydrogens is 658 g/mol. The third kappa shape index (κ3) is 12.2. The molecule has 2 heterocycles. The second kappa shape index (κ2) is 18.6. The van der Waals surface area contributed by atoms with Crippen LogP contribution in [0.25, 0.3) is 5.69 Å². The average molecular weight is 706 g/mol. The minimum atomic E-state index is -1.10. The number of hydrogen-bond acceptors (Lipinski definition) is 10. The van der Waals surface area contributed by atoms with Crippen molar-refractivity contribution in [2.45, 2.75) is 71.6 Å². The van der Waals surface area contributed by atoms with E-state index in [1.165, 1.54) is 10.7 Å². The molecule has 0 spiro atoms. The maximum Gasteiger partial charge on any atom is 0.409 e. The summed E-state index contributed by atoms with van der Waals surface area (Å²) < 4.78 is 23.2. The van der Waals surface area contributed by atoms with Crippen LogP contribution in [-0.2, 0) is 35.2 Å². The minimum absolute atomic E-state index is 0.0330. The summed E-state index contributed by atoms with van der Waals surface area (Å²) in [5.74, 6) is -2.14. The Balaban J connectivity index is 1.47. The predicted octanol–water partition coefficient (Wildman–Crippen LogP) is 4.30. The lowest BCUT2D eigenvalue weighted by Crippen LogP contribution is -2.56. The number of nitrogens with one attached hydrogen (secondary N) is 1. The number of rotatable bonds is 15. The molecule has 3 aromatic rings. The Morgan fingerprint density at radius 1 is 0.863 bits per heavy atom. The lowest BCUT2D eigenvalue weighted by Gasteiger charge is -2.36. The third-order valence-corrected chi connectivity index (χ3v) is 7.72. The molecule has 14 heteroatoms. The smallest absolute Gasteiger partial charge is 0.409 e. The number of esters is 2. The average Bonchev–Trinajstić information content (AvgIpc) is 3.56. The summed E-state index contributed by atoms with van der Waals surface area (Å²) in [6.45, 7) is 8.17. The molecule has 0 bridgehead atoms. The zero-order valence-electron chi connectivity index (χ0n) is 29.7. The molecule has 0 saturated carbocycles. The Labute approximate surface area is 298 Å². The van der Waals surface area contributed by atoms with E-state index >= 15 is 0 Å². The number of ether oxygens (including phenoxy) is 4. The molecule has 0 aliphatic carbocycles. The van der Waals surface area contributed by atoms with Gasteiger partial charge >= 0.3 is 18.0 Å². The maximum atomic E-state index is 13.8. The van der Waals surface area contributed by atoms with Gasteiger partial charge in [0.1, 0.15) is 18.2 Å². The SMILES string of the molecule is CCCCOC(=O)N1CCN(C(=O)C(CCC(=O)OC(C)(C)C)NC(=O)c2cc(OCC(=O)OCc3ccccc3)n(-c3ccccc3)n2)CC1. The van der Waals surface area contributed by atoms with Crippen LogP contribution < -0.4 is 10.1 Å². The van der Waals surface area contributed by atoms with Gasteiger partial charge in [-0.25, -0.2) is 14.3 Å². The van der Waals surface area contributed by atoms with Crippen LogP contribution in [0.4, 0.5) is 4.79 Å². The van der Waals surface area contributed by atoms with Crippen molar-refractivity contribution >= 4 is 29.8 Å². The zero-order valence-corrected chi connectivity index (χ0v) is 29.7. The second-order valence-corrected chi connectivity index (χ2v) is 13.0. The molecule has 1 saturated heterocycles. The molecule has 3 amide bonds. The summed E-state index contributed by atoms with van der Waals surface area (Å²) in [5.41, 5.74) is 0.576. The summed E-state index contributed by atoms with van der Waals surface area (Å²) in [6.07, 6.45) is 1.07. The van der Waals surface area contributed by atoms with Crippen molar-refractivity contribution in [3.8, 4) is 11.6 Å². The van der Waals surface area contributed by atoms with Crippen molar-refractivity contribution in [3.63, 3.8) is 0 Å². The number of nitrogens with zero attached hydrogens (tertiary/aromatic N) is 4. The van der Waals surface area contributed by atoms with E-state index in [-0.39, 0.29) is 57.2 Å². The van der Waals surface area contributed by atoms with E-state index in [9.17, 15) is 24.0 Å². The molecule has 1 aromatic heterocycles. The predicted molar refractivity (Wildman–Crippen MR) is 186 cm³/mol. The molecule has 4 rings (SSSR count). The summed E-state index contributed by atoms with van der Waals surface area (Å²) in [7, 11) is 0. The molecule has 1 unspecified atom stereocenters. The molecule has 2 aromatic carbocycles. The number of carbonyl (C=O) groups excluding carboxylic acids is 5. The van der Waals surface area contributed by atoms with E-state index in [1.54, 1.807) is 54.8 Å². The maximum absolute atomic E-state index is 13.8. The summed E-state index contributed by atoms with van der Waals surface area (Å²) in [4.78, 5) is 68.1. The molecule has 1 atom stereocenters. The van der Waals surface area contributed by atoms with Gasteiger partial charge in [-0.15, -0.1) is 0 Å². The van der Waals surface area contributed by atoms with Crippen molar-refractivity contribution in [3.05, 3.63) is 78.0 Å². The van der Waals surface area contributed by atoms with Gasteiger partial charge in [0.05, 0.1) is 12.3 Å². The Morgan fingerprint density at radius 3 is 2.16 bits per heavy atom. The van der Waals surface area contributed by atoms with Gasteiger partial charge in [0.2, 0.25) is 11.8 Å². The van der Waals surface area contributed by atoms with Crippen molar-refractivity contribution in [2.24, 2.45) is 0 Å². The highest BCUT2D eigenvalue weighted by atomic mass is 16.6. The van der Waals surface area contributed by atoms with Crippen LogP contribution >= 0.6 is 0 Å². The van der Waals surface area contributed by atoms with Gasteiger partial charge in [-0.2, -0.15) is 5.10 Å². The van der Waals surface area contributed by atoms with Crippen molar-refractivity contribution in [1.29, 1.82) is 0 Å². The Hall–Kier alpha value is -5.40. The normalized spacial score (nSPS) is 13.6. The standard InChI is InChI=1S/C37H47N5O9/c1-5-6-23-48-36(47)41-21-19-40(20-22-41)35(46)29(17-18-32(43)51-37(2,3)4)38-34(45)30-24-31(42(39-30)28-15-11-8-12-16-28)49-26-33(44)50-25-27-13-9-7-10-14-27/h7-16,24,29H,5-6,17-23,25-26H2,1-4H3,(H,38,45). The van der Waals surface area contributed by atoms with Crippen molar-refractivity contribution < 1.29 is 42.9 Å². The van der Waals surface area contributed by atoms with E-state index in [4.69, 9.17) is 18.9 Å². The third-order valence-electron chi connectivity index (χ3n) is 7.72. The minimum Gasteiger partial charge on any atom is -0.466 e. The van der Waals surface area contributed by atoms with E-state index in [2.05, 4.69) is 10.4 Å². The van der Waals surface area contributed by atoms with Gasteiger partial charge in [0.25, 0.3) is 5.91 Å². The van der Waals surface area contributed by atoms with Crippen LogP contribution in [0, 0.1) is 0 Å². The first-order valence-corrected chi connectivity index (χ1v) is 17.1. The van der Waals surface area contributed by atoms with Gasteiger partial charge in [-0.05, 0) is 51.3 Å². The van der Waals surface area contributed by atoms with Gasteiger partial charge in [0, 0.05) is 38.7 Å². The first-order chi connectivity index (χ1) is 24.4. The van der Waals surface area contributed by atoms with Crippen LogP contribution in [-0.4, -0.2) is 100 Å². The highest BCUT2D eigenvalue weighted by Gasteiger charge is 2.32. The molecule has 0 radical (unpaired) electrons. The number of aromatic nitrogens is 2. The van der Waals surface area contributed by atoms with Gasteiger partial charge in [0.15, 0.2) is 12.3 Å². The van der Waals surface area contributed by atoms with Crippen LogP contribution in [0.2, 0.25) is 0 Å². The van der Waals surface area contributed by atoms with E-state index in [1.807, 2.05) is 43.3 Å². The van der Waals surface area contributed by atoms with E-state index < -0.39 is 48.1 Å². The number of carbonyl (C=O) groups is 5. The van der Waals surface area contributed by atoms with Crippen molar-refractivity contribution in [1.82, 2.24) is 24.9 Å². The lowest BCUT2D eigenvalue weighted by molar-refractivity contribution is -0.155. The lowest BCUT2D eigenvalue weighted by atomic mass is 10.1. The van der Waals surface area contributed by atoms with Crippen LogP contribution in [0.3, 0.4) is 0 Å². The molecule has 1 fully saturated rings. The van der Waals surface area contributed by atoms with Gasteiger partial charge in [-0.3, -0.25) is 14.4 Å². The fourth-order valence-electron chi connectivity index (χ4n) is 5.11. The molecule has 1 N–H and O–H groups in total. The topological polar surface area (TPSA) is 159 Å². The summed E-state index contributed by atoms with van der Waals surface area (Å²) >= 11 is 0. The van der Waals surface area contributed by atoms with Crippen molar-refractivity contribution in [2.75, 3.05) is 39.4 Å². The number of unbranched alkanes of at least 4 members (excludes halogenated alkanes) is 1. The van der Waals surface area contributed by atoms with E-state index in [0.29, 0.717) is 12.3 Å². The quantitative estimate of drug-likeness (QED) is 0.137. The number of para-hydroxylation sites is 1. The number of benzene rings is 2. The second-order valence-electron chi connectivity index (χ2n) is 13.0. The Morgan fingerprint density at radius 2 is 1.51 bits per heavy atom.